The molecule has 27 heavy (non-hydrogen) atoms. The minimum Gasteiger partial charge on any atom is -0.361 e. The van der Waals surface area contributed by atoms with Crippen molar-refractivity contribution in [1.82, 2.24) is 25.2 Å². The predicted molar refractivity (Wildman–Crippen MR) is 107 cm³/mol. The molecule has 144 valence electrons. The lowest BCUT2D eigenvalue weighted by atomic mass is 10.1. The third-order valence-corrected chi connectivity index (χ3v) is 4.66. The minimum absolute atomic E-state index is 0.656. The summed E-state index contributed by atoms with van der Waals surface area (Å²) in [5, 5.41) is 10.9. The van der Waals surface area contributed by atoms with Crippen molar-refractivity contribution in [2.75, 3.05) is 13.6 Å². The monoisotopic (exact) mass is 368 g/mol. The highest BCUT2D eigenvalue weighted by Crippen LogP contribution is 2.15. The van der Waals surface area contributed by atoms with E-state index in [4.69, 9.17) is 9.51 Å². The van der Waals surface area contributed by atoms with Crippen LogP contribution in [0.5, 0.6) is 0 Å². The van der Waals surface area contributed by atoms with Crippen LogP contribution in [0.1, 0.15) is 42.1 Å². The van der Waals surface area contributed by atoms with E-state index < -0.39 is 0 Å². The van der Waals surface area contributed by atoms with Crippen LogP contribution in [0.15, 0.2) is 34.0 Å². The Morgan fingerprint density at radius 1 is 1.26 bits per heavy atom. The highest BCUT2D eigenvalue weighted by molar-refractivity contribution is 5.79. The fraction of sp³-hybridized carbons (Fsp3) is 0.450. The van der Waals surface area contributed by atoms with Gasteiger partial charge in [0.25, 0.3) is 0 Å². The van der Waals surface area contributed by atoms with Gasteiger partial charge >= 0.3 is 0 Å². The Bertz CT molecular complexity index is 902. The minimum atomic E-state index is 0.656. The number of hydrogen-bond acceptors (Lipinski definition) is 4. The van der Waals surface area contributed by atoms with Crippen LogP contribution < -0.4 is 10.6 Å². The van der Waals surface area contributed by atoms with Gasteiger partial charge in [-0.25, -0.2) is 4.98 Å². The molecule has 0 spiro atoms. The molecular weight excluding hydrogens is 340 g/mol. The van der Waals surface area contributed by atoms with Crippen LogP contribution >= 0.6 is 0 Å². The number of aryl methyl sites for hydroxylation is 3. The summed E-state index contributed by atoms with van der Waals surface area (Å²) in [7, 11) is 1.78. The quantitative estimate of drug-likeness (QED) is 0.495. The molecule has 0 radical (unpaired) electrons. The summed E-state index contributed by atoms with van der Waals surface area (Å²) in [6.45, 7) is 7.66. The molecule has 0 aliphatic carbocycles. The molecule has 0 bridgehead atoms. The van der Waals surface area contributed by atoms with Crippen molar-refractivity contribution in [3.05, 3.63) is 52.8 Å². The van der Waals surface area contributed by atoms with Crippen LogP contribution in [-0.2, 0) is 25.8 Å². The molecule has 0 unspecified atom stereocenters. The summed E-state index contributed by atoms with van der Waals surface area (Å²) in [5.74, 6) is 1.70. The van der Waals surface area contributed by atoms with Gasteiger partial charge in [-0.05, 0) is 25.0 Å². The highest BCUT2D eigenvalue weighted by Gasteiger charge is 2.13. The zero-order valence-electron chi connectivity index (χ0n) is 16.5. The van der Waals surface area contributed by atoms with Crippen LogP contribution in [0.4, 0.5) is 0 Å². The molecule has 0 fully saturated rings. The van der Waals surface area contributed by atoms with Crippen LogP contribution in [0.25, 0.3) is 5.65 Å². The molecule has 0 aromatic carbocycles. The van der Waals surface area contributed by atoms with E-state index in [1.165, 1.54) is 5.56 Å². The molecule has 7 nitrogen and oxygen atoms in total. The van der Waals surface area contributed by atoms with Gasteiger partial charge in [0.2, 0.25) is 0 Å². The fourth-order valence-electron chi connectivity index (χ4n) is 3.16. The number of aliphatic imine (C=N–C) groups is 1. The highest BCUT2D eigenvalue weighted by atomic mass is 16.5. The second kappa shape index (κ2) is 8.70. The zero-order valence-corrected chi connectivity index (χ0v) is 16.5. The largest absolute Gasteiger partial charge is 0.361 e. The van der Waals surface area contributed by atoms with Gasteiger partial charge in [0.05, 0.1) is 11.4 Å². The number of aromatic nitrogens is 3. The summed E-state index contributed by atoms with van der Waals surface area (Å²) in [6, 6.07) is 4.12. The summed E-state index contributed by atoms with van der Waals surface area (Å²) in [5.41, 5.74) is 5.41. The SMILES string of the molecule is CCc1noc(CC)c1CNC(=NC)NCCc1cn2cccc(C)c2n1. The number of pyridine rings is 1. The maximum Gasteiger partial charge on any atom is 0.191 e. The van der Waals surface area contributed by atoms with Gasteiger partial charge in [0.15, 0.2) is 5.96 Å². The maximum absolute atomic E-state index is 5.42. The second-order valence-corrected chi connectivity index (χ2v) is 6.49. The predicted octanol–water partition coefficient (Wildman–Crippen LogP) is 2.66. The molecule has 2 N–H and O–H groups in total. The molecule has 3 aromatic rings. The lowest BCUT2D eigenvalue weighted by Crippen LogP contribution is -2.38. The van der Waals surface area contributed by atoms with E-state index in [1.54, 1.807) is 7.05 Å². The maximum atomic E-state index is 5.42. The Kier molecular flexibility index (Phi) is 6.11. The summed E-state index contributed by atoms with van der Waals surface area (Å²) < 4.78 is 7.49. The first kappa shape index (κ1) is 18.9. The number of guanidine groups is 1. The van der Waals surface area contributed by atoms with Gasteiger partial charge in [-0.1, -0.05) is 25.1 Å². The molecule has 7 heteroatoms. The van der Waals surface area contributed by atoms with E-state index in [2.05, 4.69) is 58.2 Å². The van der Waals surface area contributed by atoms with Gasteiger partial charge < -0.3 is 19.6 Å². The average Bonchev–Trinajstić information content (AvgIpc) is 3.28. The lowest BCUT2D eigenvalue weighted by Gasteiger charge is -2.11. The van der Waals surface area contributed by atoms with E-state index in [0.717, 1.165) is 60.1 Å². The van der Waals surface area contributed by atoms with Crippen LogP contribution in [0.3, 0.4) is 0 Å². The van der Waals surface area contributed by atoms with Gasteiger partial charge in [0, 0.05) is 50.9 Å². The Morgan fingerprint density at radius 3 is 2.81 bits per heavy atom. The Morgan fingerprint density at radius 2 is 2.11 bits per heavy atom. The number of fused-ring (bicyclic) bond motifs is 1. The molecule has 3 aromatic heterocycles. The first-order chi connectivity index (χ1) is 13.2. The number of hydrogen-bond donors (Lipinski definition) is 2. The molecule has 0 aliphatic rings. The van der Waals surface area contributed by atoms with Crippen LogP contribution in [-0.4, -0.2) is 34.1 Å². The zero-order chi connectivity index (χ0) is 19.2. The third kappa shape index (κ3) is 4.30. The van der Waals surface area contributed by atoms with Crippen LogP contribution in [0.2, 0.25) is 0 Å². The van der Waals surface area contributed by atoms with Crippen molar-refractivity contribution in [2.45, 2.75) is 46.6 Å². The van der Waals surface area contributed by atoms with Gasteiger partial charge in [-0.3, -0.25) is 4.99 Å². The number of imidazole rings is 1. The molecular formula is C20H28N6O. The van der Waals surface area contributed by atoms with Crippen molar-refractivity contribution < 1.29 is 4.52 Å². The molecule has 3 rings (SSSR count). The molecule has 0 aliphatic heterocycles. The van der Waals surface area contributed by atoms with Gasteiger partial charge in [0.1, 0.15) is 11.4 Å². The van der Waals surface area contributed by atoms with Crippen molar-refractivity contribution in [1.29, 1.82) is 0 Å². The topological polar surface area (TPSA) is 79.8 Å². The molecule has 0 amide bonds. The van der Waals surface area contributed by atoms with Crippen molar-refractivity contribution >= 4 is 11.6 Å². The fourth-order valence-corrected chi connectivity index (χ4v) is 3.16. The normalized spacial score (nSPS) is 11.9. The first-order valence-electron chi connectivity index (χ1n) is 9.50. The average molecular weight is 368 g/mol. The smallest absolute Gasteiger partial charge is 0.191 e. The Labute approximate surface area is 159 Å². The number of nitrogens with one attached hydrogen (secondary N) is 2. The van der Waals surface area contributed by atoms with Crippen molar-refractivity contribution in [3.63, 3.8) is 0 Å². The molecule has 3 heterocycles. The van der Waals surface area contributed by atoms with E-state index in [-0.39, 0.29) is 0 Å². The van der Waals surface area contributed by atoms with E-state index in [9.17, 15) is 0 Å². The second-order valence-electron chi connectivity index (χ2n) is 6.49. The van der Waals surface area contributed by atoms with Crippen molar-refractivity contribution in [2.24, 2.45) is 4.99 Å². The van der Waals surface area contributed by atoms with Crippen LogP contribution in [0, 0.1) is 6.92 Å². The number of rotatable bonds is 7. The summed E-state index contributed by atoms with van der Waals surface area (Å²) in [4.78, 5) is 9.01. The molecule has 0 atom stereocenters. The third-order valence-electron chi connectivity index (χ3n) is 4.66. The van der Waals surface area contributed by atoms with E-state index in [0.29, 0.717) is 6.54 Å². The summed E-state index contributed by atoms with van der Waals surface area (Å²) >= 11 is 0. The van der Waals surface area contributed by atoms with E-state index >= 15 is 0 Å². The standard InChI is InChI=1S/C20H28N6O/c1-5-17-16(18(6-2)27-25-17)12-23-20(21-4)22-10-9-15-13-26-11-7-8-14(3)19(26)24-15/h7-8,11,13H,5-6,9-10,12H2,1-4H3,(H2,21,22,23). The van der Waals surface area contributed by atoms with Gasteiger partial charge in [-0.2, -0.15) is 0 Å². The molecule has 0 saturated carbocycles. The van der Waals surface area contributed by atoms with E-state index in [1.807, 2.05) is 12.3 Å². The number of nitrogens with zero attached hydrogens (tertiary/aromatic N) is 4. The lowest BCUT2D eigenvalue weighted by molar-refractivity contribution is 0.380. The van der Waals surface area contributed by atoms with Gasteiger partial charge in [-0.15, -0.1) is 0 Å². The summed E-state index contributed by atoms with van der Waals surface area (Å²) in [6.07, 6.45) is 6.64. The molecule has 0 saturated heterocycles. The Hall–Kier alpha value is -2.83. The Balaban J connectivity index is 1.55. The van der Waals surface area contributed by atoms with Crippen molar-refractivity contribution in [3.8, 4) is 0 Å². The first-order valence-corrected chi connectivity index (χ1v) is 9.50.